The lowest BCUT2D eigenvalue weighted by Gasteiger charge is -2.01. The Kier molecular flexibility index (Phi) is 2.85. The highest BCUT2D eigenvalue weighted by molar-refractivity contribution is 9.10. The van der Waals surface area contributed by atoms with Gasteiger partial charge in [0.25, 0.3) is 0 Å². The van der Waals surface area contributed by atoms with E-state index in [1.54, 1.807) is 17.4 Å². The van der Waals surface area contributed by atoms with Crippen molar-refractivity contribution < 1.29 is 0 Å². The van der Waals surface area contributed by atoms with Crippen LogP contribution in [0.5, 0.6) is 0 Å². The first-order valence-electron chi connectivity index (χ1n) is 5.13. The highest BCUT2D eigenvalue weighted by Gasteiger charge is 2.06. The molecule has 0 unspecified atom stereocenters. The number of hydrogen-bond donors (Lipinski definition) is 2. The first-order chi connectivity index (χ1) is 8.70. The number of aromatic nitrogens is 3. The van der Waals surface area contributed by atoms with Crippen molar-refractivity contribution in [3.8, 4) is 0 Å². The molecule has 0 saturated carbocycles. The van der Waals surface area contributed by atoms with Gasteiger partial charge in [0.2, 0.25) is 5.95 Å². The van der Waals surface area contributed by atoms with Gasteiger partial charge in [0, 0.05) is 6.07 Å². The molecule has 3 aromatic rings. The number of rotatable bonds is 2. The summed E-state index contributed by atoms with van der Waals surface area (Å²) in [4.78, 5) is 12.7. The van der Waals surface area contributed by atoms with Crippen LogP contribution >= 0.6 is 27.3 Å². The minimum absolute atomic E-state index is 0.403. The summed E-state index contributed by atoms with van der Waals surface area (Å²) in [7, 11) is 0. The molecule has 5 nitrogen and oxygen atoms in total. The van der Waals surface area contributed by atoms with E-state index < -0.39 is 0 Å². The van der Waals surface area contributed by atoms with Crippen LogP contribution in [-0.2, 0) is 0 Å². The molecule has 0 aliphatic heterocycles. The van der Waals surface area contributed by atoms with Gasteiger partial charge >= 0.3 is 0 Å². The van der Waals surface area contributed by atoms with E-state index in [4.69, 9.17) is 5.73 Å². The molecule has 0 aliphatic rings. The van der Waals surface area contributed by atoms with Crippen LogP contribution in [0.25, 0.3) is 10.2 Å². The second kappa shape index (κ2) is 4.51. The summed E-state index contributed by atoms with van der Waals surface area (Å²) in [6.07, 6.45) is 0. The third-order valence-corrected chi connectivity index (χ3v) is 3.59. The molecule has 0 fully saturated rings. The summed E-state index contributed by atoms with van der Waals surface area (Å²) < 4.78 is 1.75. The number of fused-ring (bicyclic) bond motifs is 1. The average Bonchev–Trinajstić information content (AvgIpc) is 2.69. The van der Waals surface area contributed by atoms with Gasteiger partial charge in [-0.1, -0.05) is 23.5 Å². The number of thiazole rings is 1. The van der Waals surface area contributed by atoms with E-state index in [0.29, 0.717) is 16.4 Å². The number of nitrogens with zero attached hydrogens (tertiary/aromatic N) is 3. The van der Waals surface area contributed by atoms with Crippen LogP contribution in [0.1, 0.15) is 0 Å². The number of nitrogens with one attached hydrogen (secondary N) is 1. The number of hydrogen-bond acceptors (Lipinski definition) is 6. The van der Waals surface area contributed by atoms with Crippen molar-refractivity contribution in [1.82, 2.24) is 15.0 Å². The number of nitrogens with two attached hydrogens (primary N) is 1. The fraction of sp³-hybridized carbons (Fsp3) is 0. The molecule has 0 bridgehead atoms. The van der Waals surface area contributed by atoms with Gasteiger partial charge in [0.1, 0.15) is 10.4 Å². The fourth-order valence-electron chi connectivity index (χ4n) is 1.51. The second-order valence-corrected chi connectivity index (χ2v) is 5.39. The van der Waals surface area contributed by atoms with E-state index in [1.807, 2.05) is 24.3 Å². The molecular formula is C11H8BrN5S. The zero-order valence-corrected chi connectivity index (χ0v) is 11.5. The van der Waals surface area contributed by atoms with Gasteiger partial charge < -0.3 is 5.73 Å². The Labute approximate surface area is 115 Å². The molecule has 18 heavy (non-hydrogen) atoms. The lowest BCUT2D eigenvalue weighted by Crippen LogP contribution is -2.00. The molecule has 3 rings (SSSR count). The van der Waals surface area contributed by atoms with Gasteiger partial charge in [-0.3, -0.25) is 5.32 Å². The van der Waals surface area contributed by atoms with Crippen molar-refractivity contribution in [2.24, 2.45) is 0 Å². The monoisotopic (exact) mass is 321 g/mol. The summed E-state index contributed by atoms with van der Waals surface area (Å²) in [5.74, 6) is 0.835. The molecule has 0 amide bonds. The first kappa shape index (κ1) is 11.4. The average molecular weight is 322 g/mol. The number of halogens is 1. The normalized spacial score (nSPS) is 10.7. The van der Waals surface area contributed by atoms with Crippen molar-refractivity contribution in [3.05, 3.63) is 34.9 Å². The van der Waals surface area contributed by atoms with Crippen LogP contribution in [0.4, 0.5) is 16.9 Å². The van der Waals surface area contributed by atoms with Crippen LogP contribution in [0.15, 0.2) is 34.9 Å². The third-order valence-electron chi connectivity index (χ3n) is 2.23. The Hall–Kier alpha value is -1.73. The molecule has 0 atom stereocenters. The van der Waals surface area contributed by atoms with E-state index in [2.05, 4.69) is 36.2 Å². The van der Waals surface area contributed by atoms with E-state index in [-0.39, 0.29) is 0 Å². The second-order valence-electron chi connectivity index (χ2n) is 3.55. The van der Waals surface area contributed by atoms with Gasteiger partial charge in [0.05, 0.1) is 10.2 Å². The molecule has 1 aromatic carbocycles. The standard InChI is InChI=1S/C11H8BrN5S/c12-8-5-9(13)16-10(15-8)17-11-14-6-3-1-2-4-7(6)18-11/h1-5H,(H3,13,14,15,16,17). The smallest absolute Gasteiger partial charge is 0.232 e. The largest absolute Gasteiger partial charge is 0.383 e. The zero-order chi connectivity index (χ0) is 12.5. The quantitative estimate of drug-likeness (QED) is 0.709. The highest BCUT2D eigenvalue weighted by atomic mass is 79.9. The number of benzene rings is 1. The maximum atomic E-state index is 5.65. The maximum absolute atomic E-state index is 5.65. The van der Waals surface area contributed by atoms with Crippen molar-refractivity contribution in [3.63, 3.8) is 0 Å². The molecule has 2 heterocycles. The van der Waals surface area contributed by atoms with E-state index in [1.165, 1.54) is 0 Å². The van der Waals surface area contributed by atoms with E-state index in [9.17, 15) is 0 Å². The van der Waals surface area contributed by atoms with Gasteiger partial charge in [0.15, 0.2) is 5.13 Å². The Morgan fingerprint density at radius 2 is 2.00 bits per heavy atom. The van der Waals surface area contributed by atoms with Crippen molar-refractivity contribution in [1.29, 1.82) is 0 Å². The Morgan fingerprint density at radius 3 is 2.78 bits per heavy atom. The lowest BCUT2D eigenvalue weighted by molar-refractivity contribution is 1.14. The Morgan fingerprint density at radius 1 is 1.17 bits per heavy atom. The minimum atomic E-state index is 0.403. The molecule has 0 saturated heterocycles. The van der Waals surface area contributed by atoms with E-state index in [0.717, 1.165) is 15.3 Å². The summed E-state index contributed by atoms with van der Waals surface area (Å²) in [5.41, 5.74) is 6.60. The zero-order valence-electron chi connectivity index (χ0n) is 9.09. The van der Waals surface area contributed by atoms with Gasteiger partial charge in [-0.05, 0) is 28.1 Å². The minimum Gasteiger partial charge on any atom is -0.383 e. The Balaban J connectivity index is 1.96. The predicted molar refractivity (Wildman–Crippen MR) is 77.0 cm³/mol. The molecule has 0 spiro atoms. The number of anilines is 3. The van der Waals surface area contributed by atoms with Crippen LogP contribution in [-0.4, -0.2) is 15.0 Å². The summed E-state index contributed by atoms with van der Waals surface area (Å²) in [6, 6.07) is 9.57. The SMILES string of the molecule is Nc1cc(Br)nc(Nc2nc3ccccc3s2)n1. The van der Waals surface area contributed by atoms with Crippen LogP contribution in [0, 0.1) is 0 Å². The summed E-state index contributed by atoms with van der Waals surface area (Å²) >= 11 is 4.82. The Bertz CT molecular complexity index is 658. The topological polar surface area (TPSA) is 76.7 Å². The maximum Gasteiger partial charge on any atom is 0.232 e. The molecule has 90 valence electrons. The van der Waals surface area contributed by atoms with Crippen LogP contribution in [0.2, 0.25) is 0 Å². The van der Waals surface area contributed by atoms with Gasteiger partial charge in [-0.15, -0.1) is 0 Å². The number of nitrogen functional groups attached to an aromatic ring is 1. The molecule has 7 heteroatoms. The van der Waals surface area contributed by atoms with Crippen molar-refractivity contribution in [2.45, 2.75) is 0 Å². The molecular weight excluding hydrogens is 314 g/mol. The van der Waals surface area contributed by atoms with Gasteiger partial charge in [-0.25, -0.2) is 9.97 Å². The lowest BCUT2D eigenvalue weighted by atomic mass is 10.3. The fourth-order valence-corrected chi connectivity index (χ4v) is 2.77. The van der Waals surface area contributed by atoms with Crippen molar-refractivity contribution in [2.75, 3.05) is 11.1 Å². The summed E-state index contributed by atoms with van der Waals surface area (Å²) in [6.45, 7) is 0. The van der Waals surface area contributed by atoms with Crippen LogP contribution in [0.3, 0.4) is 0 Å². The van der Waals surface area contributed by atoms with Crippen LogP contribution < -0.4 is 11.1 Å². The first-order valence-corrected chi connectivity index (χ1v) is 6.74. The van der Waals surface area contributed by atoms with Gasteiger partial charge in [-0.2, -0.15) is 4.98 Å². The molecule has 3 N–H and O–H groups in total. The molecule has 0 radical (unpaired) electrons. The van der Waals surface area contributed by atoms with Crippen molar-refractivity contribution >= 4 is 54.4 Å². The summed E-state index contributed by atoms with van der Waals surface area (Å²) in [5, 5.41) is 3.79. The number of para-hydroxylation sites is 1. The predicted octanol–water partition coefficient (Wildman–Crippen LogP) is 3.17. The third kappa shape index (κ3) is 2.27. The highest BCUT2D eigenvalue weighted by Crippen LogP contribution is 2.27. The molecule has 0 aliphatic carbocycles. The van der Waals surface area contributed by atoms with E-state index >= 15 is 0 Å². The molecule has 2 aromatic heterocycles.